The molecule has 1 aromatic heterocycles. The molecule has 1 aromatic carbocycles. The molecule has 0 radical (unpaired) electrons. The number of methoxy groups -OCH3 is 1. The quantitative estimate of drug-likeness (QED) is 0.364. The molecule has 2 heterocycles. The van der Waals surface area contributed by atoms with Crippen LogP contribution >= 0.6 is 24.0 Å². The summed E-state index contributed by atoms with van der Waals surface area (Å²) in [6.45, 7) is 0.126. The molecule has 2 N–H and O–H groups in total. The molecule has 30 heavy (non-hydrogen) atoms. The van der Waals surface area contributed by atoms with E-state index in [1.165, 1.54) is 30.1 Å². The Kier molecular flexibility index (Phi) is 7.36. The Morgan fingerprint density at radius 1 is 1.37 bits per heavy atom. The first-order valence-corrected chi connectivity index (χ1v) is 10.3. The van der Waals surface area contributed by atoms with E-state index in [-0.39, 0.29) is 31.2 Å². The number of carbonyl (C=O) groups is 3. The lowest BCUT2D eigenvalue weighted by molar-refractivity contribution is -0.145. The first-order chi connectivity index (χ1) is 14.5. The van der Waals surface area contributed by atoms with Gasteiger partial charge in [0.2, 0.25) is 5.91 Å². The van der Waals surface area contributed by atoms with Gasteiger partial charge in [0.25, 0.3) is 5.91 Å². The summed E-state index contributed by atoms with van der Waals surface area (Å²) in [5.74, 6) is -1.18. The smallest absolute Gasteiger partial charge is 0.328 e. The Morgan fingerprint density at radius 3 is 2.80 bits per heavy atom. The second-order valence-electron chi connectivity index (χ2n) is 6.42. The van der Waals surface area contributed by atoms with Gasteiger partial charge >= 0.3 is 5.97 Å². The van der Waals surface area contributed by atoms with Crippen LogP contribution in [0.3, 0.4) is 0 Å². The second-order valence-corrected chi connectivity index (χ2v) is 8.09. The molecule has 0 saturated carbocycles. The maximum absolute atomic E-state index is 12.7. The van der Waals surface area contributed by atoms with E-state index in [4.69, 9.17) is 17.0 Å². The molecule has 0 aliphatic carbocycles. The fourth-order valence-corrected chi connectivity index (χ4v) is 4.13. The number of rotatable bonds is 8. The molecule has 1 aliphatic rings. The molecule has 0 bridgehead atoms. The van der Waals surface area contributed by atoms with Gasteiger partial charge in [-0.05, 0) is 11.6 Å². The van der Waals surface area contributed by atoms with Crippen LogP contribution in [0.2, 0.25) is 0 Å². The number of ether oxygens (including phenoxy) is 1. The summed E-state index contributed by atoms with van der Waals surface area (Å²) in [6.07, 6.45) is 5.06. The van der Waals surface area contributed by atoms with Crippen LogP contribution in [0.1, 0.15) is 17.7 Å². The summed E-state index contributed by atoms with van der Waals surface area (Å²) >= 11 is 6.50. The third-order valence-corrected chi connectivity index (χ3v) is 5.71. The van der Waals surface area contributed by atoms with Gasteiger partial charge in [0.1, 0.15) is 10.4 Å². The highest BCUT2D eigenvalue weighted by Gasteiger charge is 2.32. The van der Waals surface area contributed by atoms with Gasteiger partial charge in [-0.25, -0.2) is 9.78 Å². The Balaban J connectivity index is 1.58. The number of hydrogen-bond acceptors (Lipinski definition) is 7. The van der Waals surface area contributed by atoms with Gasteiger partial charge in [-0.2, -0.15) is 0 Å². The Morgan fingerprint density at radius 2 is 2.13 bits per heavy atom. The van der Waals surface area contributed by atoms with Crippen LogP contribution in [0.15, 0.2) is 47.8 Å². The summed E-state index contributed by atoms with van der Waals surface area (Å²) in [7, 11) is 1.26. The number of thiocarbonyl (C=S) groups is 1. The van der Waals surface area contributed by atoms with E-state index in [1.54, 1.807) is 12.3 Å². The fraction of sp³-hybridized carbons (Fsp3) is 0.250. The van der Waals surface area contributed by atoms with Crippen molar-refractivity contribution in [2.75, 3.05) is 13.7 Å². The van der Waals surface area contributed by atoms with Gasteiger partial charge in [-0.3, -0.25) is 14.5 Å². The fourth-order valence-electron chi connectivity index (χ4n) is 2.83. The molecule has 1 fully saturated rings. The highest BCUT2D eigenvalue weighted by molar-refractivity contribution is 8.26. The van der Waals surface area contributed by atoms with E-state index < -0.39 is 12.0 Å². The first kappa shape index (κ1) is 21.7. The lowest BCUT2D eigenvalue weighted by Crippen LogP contribution is -2.44. The molecule has 2 amide bonds. The molecule has 3 rings (SSSR count). The Labute approximate surface area is 183 Å². The SMILES string of the molecule is COC(=O)C(Cc1cnc[nH]1)NC(=O)CCN1C(=O)C(=Cc2ccccc2)SC1=S. The average molecular weight is 445 g/mol. The summed E-state index contributed by atoms with van der Waals surface area (Å²) in [6, 6.07) is 8.61. The van der Waals surface area contributed by atoms with Crippen LogP contribution in [0, 0.1) is 0 Å². The molecule has 1 unspecified atom stereocenters. The zero-order chi connectivity index (χ0) is 21.5. The van der Waals surface area contributed by atoms with Crippen LogP contribution < -0.4 is 5.32 Å². The van der Waals surface area contributed by atoms with Gasteiger partial charge in [0.05, 0.1) is 18.3 Å². The third-order valence-electron chi connectivity index (χ3n) is 4.33. The number of esters is 1. The summed E-state index contributed by atoms with van der Waals surface area (Å²) < 4.78 is 5.16. The van der Waals surface area contributed by atoms with Crippen LogP contribution in [-0.2, 0) is 25.5 Å². The summed E-state index contributed by atoms with van der Waals surface area (Å²) in [4.78, 5) is 45.7. The zero-order valence-corrected chi connectivity index (χ0v) is 17.8. The molecule has 8 nitrogen and oxygen atoms in total. The van der Waals surface area contributed by atoms with Crippen molar-refractivity contribution in [1.82, 2.24) is 20.2 Å². The number of nitrogens with one attached hydrogen (secondary N) is 2. The van der Waals surface area contributed by atoms with Crippen molar-refractivity contribution < 1.29 is 19.1 Å². The van der Waals surface area contributed by atoms with Crippen molar-refractivity contribution in [2.45, 2.75) is 18.9 Å². The van der Waals surface area contributed by atoms with E-state index in [1.807, 2.05) is 30.3 Å². The lowest BCUT2D eigenvalue weighted by atomic mass is 10.1. The number of hydrogen-bond donors (Lipinski definition) is 2. The molecule has 156 valence electrons. The number of benzene rings is 1. The monoisotopic (exact) mass is 444 g/mol. The number of imidazole rings is 1. The maximum Gasteiger partial charge on any atom is 0.328 e. The van der Waals surface area contributed by atoms with E-state index in [0.29, 0.717) is 14.9 Å². The Bertz CT molecular complexity index is 960. The van der Waals surface area contributed by atoms with Crippen molar-refractivity contribution in [2.24, 2.45) is 0 Å². The van der Waals surface area contributed by atoms with E-state index >= 15 is 0 Å². The molecular weight excluding hydrogens is 424 g/mol. The first-order valence-electron chi connectivity index (χ1n) is 9.13. The maximum atomic E-state index is 12.7. The molecule has 1 saturated heterocycles. The predicted octanol–water partition coefficient (Wildman–Crippen LogP) is 1.90. The number of amides is 2. The molecule has 0 spiro atoms. The van der Waals surface area contributed by atoms with Crippen LogP contribution in [0.5, 0.6) is 0 Å². The van der Waals surface area contributed by atoms with Crippen LogP contribution in [-0.4, -0.2) is 56.7 Å². The van der Waals surface area contributed by atoms with Crippen molar-refractivity contribution in [3.05, 3.63) is 59.0 Å². The minimum atomic E-state index is -0.855. The van der Waals surface area contributed by atoms with Crippen molar-refractivity contribution >= 4 is 52.2 Å². The van der Waals surface area contributed by atoms with Crippen LogP contribution in [0.25, 0.3) is 6.08 Å². The average Bonchev–Trinajstić information content (AvgIpc) is 3.34. The van der Waals surface area contributed by atoms with Gasteiger partial charge in [0.15, 0.2) is 0 Å². The second kappa shape index (κ2) is 10.2. The minimum Gasteiger partial charge on any atom is -0.467 e. The highest BCUT2D eigenvalue weighted by atomic mass is 32.2. The largest absolute Gasteiger partial charge is 0.467 e. The van der Waals surface area contributed by atoms with E-state index in [0.717, 1.165) is 5.56 Å². The summed E-state index contributed by atoms with van der Waals surface area (Å²) in [5, 5.41) is 2.65. The predicted molar refractivity (Wildman–Crippen MR) is 117 cm³/mol. The van der Waals surface area contributed by atoms with Crippen molar-refractivity contribution in [3.63, 3.8) is 0 Å². The minimum absolute atomic E-state index is 0.00152. The van der Waals surface area contributed by atoms with Gasteiger partial charge in [-0.15, -0.1) is 0 Å². The van der Waals surface area contributed by atoms with Crippen molar-refractivity contribution in [3.8, 4) is 0 Å². The van der Waals surface area contributed by atoms with E-state index in [9.17, 15) is 14.4 Å². The normalized spacial score (nSPS) is 16.0. The molecule has 1 aliphatic heterocycles. The topological polar surface area (TPSA) is 104 Å². The number of nitrogens with zero attached hydrogens (tertiary/aromatic N) is 2. The number of H-pyrrole nitrogens is 1. The van der Waals surface area contributed by atoms with E-state index in [2.05, 4.69) is 15.3 Å². The van der Waals surface area contributed by atoms with Gasteiger partial charge < -0.3 is 15.0 Å². The van der Waals surface area contributed by atoms with Crippen LogP contribution in [0.4, 0.5) is 0 Å². The highest BCUT2D eigenvalue weighted by Crippen LogP contribution is 2.32. The molecule has 10 heteroatoms. The summed E-state index contributed by atoms with van der Waals surface area (Å²) in [5.41, 5.74) is 1.59. The molecule has 2 aromatic rings. The third kappa shape index (κ3) is 5.55. The number of thioether (sulfide) groups is 1. The van der Waals surface area contributed by atoms with Gasteiger partial charge in [0, 0.05) is 31.3 Å². The Hall–Kier alpha value is -2.98. The van der Waals surface area contributed by atoms with Gasteiger partial charge in [-0.1, -0.05) is 54.3 Å². The van der Waals surface area contributed by atoms with Crippen molar-refractivity contribution in [1.29, 1.82) is 0 Å². The number of aromatic nitrogens is 2. The molecule has 1 atom stereocenters. The lowest BCUT2D eigenvalue weighted by Gasteiger charge is -2.18. The number of carbonyl (C=O) groups excluding carboxylic acids is 3. The standard InChI is InChI=1S/C20H20N4O4S2/c1-28-19(27)15(10-14-11-21-12-22-14)23-17(25)7-8-24-18(26)16(30-20(24)29)9-13-5-3-2-4-6-13/h2-6,9,11-12,15H,7-8,10H2,1H3,(H,21,22)(H,23,25). The number of aromatic amines is 1. The zero-order valence-electron chi connectivity index (χ0n) is 16.2. The molecular formula is C20H20N4O4S2.